The molecule has 0 spiro atoms. The lowest BCUT2D eigenvalue weighted by molar-refractivity contribution is -0.145. The normalized spacial score (nSPS) is 23.8. The van der Waals surface area contributed by atoms with Crippen molar-refractivity contribution in [3.63, 3.8) is 0 Å². The van der Waals surface area contributed by atoms with E-state index in [1.54, 1.807) is 6.92 Å². The maximum absolute atomic E-state index is 16.7. The number of alkyl halides is 1. The Kier molecular flexibility index (Phi) is 7.85. The van der Waals surface area contributed by atoms with E-state index in [9.17, 15) is 4.79 Å². The number of fused-ring (bicyclic) bond motifs is 1. The first-order valence-electron chi connectivity index (χ1n) is 13.8. The van der Waals surface area contributed by atoms with Crippen LogP contribution >= 0.6 is 0 Å². The molecule has 2 aromatic rings. The third-order valence-corrected chi connectivity index (χ3v) is 7.91. The lowest BCUT2D eigenvalue weighted by Gasteiger charge is -2.33. The highest BCUT2D eigenvalue weighted by Gasteiger charge is 2.50. The van der Waals surface area contributed by atoms with Crippen LogP contribution in [0.4, 0.5) is 10.2 Å². The summed E-state index contributed by atoms with van der Waals surface area (Å²) < 4.78 is 21.9. The quantitative estimate of drug-likeness (QED) is 0.327. The van der Waals surface area contributed by atoms with Crippen LogP contribution in [0.3, 0.4) is 0 Å². The fraction of sp³-hybridized carbons (Fsp3) is 0.621. The Morgan fingerprint density at radius 1 is 1.25 bits per heavy atom. The number of aryl methyl sites for hydroxylation is 2. The molecule has 2 fully saturated rings. The Morgan fingerprint density at radius 2 is 2.14 bits per heavy atom. The average Bonchev–Trinajstić information content (AvgIpc) is 3.68. The van der Waals surface area contributed by atoms with Crippen molar-refractivity contribution in [2.24, 2.45) is 0 Å². The first-order valence-corrected chi connectivity index (χ1v) is 13.8. The van der Waals surface area contributed by atoms with Crippen molar-refractivity contribution >= 4 is 11.8 Å². The molecule has 1 N–H and O–H groups in total. The topological polar surface area (TPSA) is 67.3 Å². The van der Waals surface area contributed by atoms with Gasteiger partial charge in [0.1, 0.15) is 11.5 Å². The molecular formula is C29H39FN4O2. The molecule has 194 valence electrons. The number of pyridine rings is 2. The minimum Gasteiger partial charge on any atom is -0.465 e. The molecule has 0 amide bonds. The Hall–Kier alpha value is -2.54. The number of nitrogens with one attached hydrogen (secondary N) is 1. The summed E-state index contributed by atoms with van der Waals surface area (Å²) in [5.74, 6) is 1.18. The van der Waals surface area contributed by atoms with Gasteiger partial charge < -0.3 is 10.1 Å². The molecule has 3 aliphatic rings. The van der Waals surface area contributed by atoms with Crippen molar-refractivity contribution in [3.8, 4) is 0 Å². The molecule has 4 heterocycles. The third kappa shape index (κ3) is 5.72. The van der Waals surface area contributed by atoms with Crippen molar-refractivity contribution in [1.29, 1.82) is 0 Å². The molecule has 0 bridgehead atoms. The SMILES string of the molecule is CCOC(=O)CN1CCC(F)(CCCCCc2ccc3c(n2)NCCC3)C1c1cccnc1C1CC1. The fourth-order valence-corrected chi connectivity index (χ4v) is 5.97. The molecule has 5 rings (SSSR count). The highest BCUT2D eigenvalue weighted by atomic mass is 19.1. The number of nitrogens with zero attached hydrogens (tertiary/aromatic N) is 3. The Bertz CT molecular complexity index is 1060. The summed E-state index contributed by atoms with van der Waals surface area (Å²) in [6.07, 6.45) is 10.9. The molecule has 0 radical (unpaired) electrons. The van der Waals surface area contributed by atoms with Gasteiger partial charge in [-0.25, -0.2) is 9.37 Å². The van der Waals surface area contributed by atoms with Gasteiger partial charge in [0, 0.05) is 36.6 Å². The van der Waals surface area contributed by atoms with Gasteiger partial charge >= 0.3 is 5.97 Å². The maximum Gasteiger partial charge on any atom is 0.320 e. The van der Waals surface area contributed by atoms with Crippen LogP contribution in [0.2, 0.25) is 0 Å². The smallest absolute Gasteiger partial charge is 0.320 e. The van der Waals surface area contributed by atoms with Crippen LogP contribution in [0.15, 0.2) is 30.5 Å². The average molecular weight is 495 g/mol. The van der Waals surface area contributed by atoms with Crippen LogP contribution < -0.4 is 5.32 Å². The lowest BCUT2D eigenvalue weighted by Crippen LogP contribution is -2.38. The number of hydrogen-bond donors (Lipinski definition) is 1. The highest BCUT2D eigenvalue weighted by Crippen LogP contribution is 2.50. The van der Waals surface area contributed by atoms with Crippen LogP contribution in [0.25, 0.3) is 0 Å². The van der Waals surface area contributed by atoms with E-state index >= 15 is 4.39 Å². The summed E-state index contributed by atoms with van der Waals surface area (Å²) in [4.78, 5) is 23.8. The molecule has 0 aromatic carbocycles. The fourth-order valence-electron chi connectivity index (χ4n) is 5.97. The van der Waals surface area contributed by atoms with Crippen molar-refractivity contribution in [2.75, 3.05) is 31.6 Å². The zero-order chi connectivity index (χ0) is 25.0. The lowest BCUT2D eigenvalue weighted by atomic mass is 9.84. The Morgan fingerprint density at radius 3 is 2.97 bits per heavy atom. The van der Waals surface area contributed by atoms with Gasteiger partial charge in [0.25, 0.3) is 0 Å². The highest BCUT2D eigenvalue weighted by molar-refractivity contribution is 5.71. The summed E-state index contributed by atoms with van der Waals surface area (Å²) in [6, 6.07) is 7.83. The van der Waals surface area contributed by atoms with E-state index in [1.165, 1.54) is 12.0 Å². The van der Waals surface area contributed by atoms with Crippen LogP contribution in [-0.4, -0.2) is 52.7 Å². The van der Waals surface area contributed by atoms with Crippen LogP contribution in [0.1, 0.15) is 92.8 Å². The van der Waals surface area contributed by atoms with Crippen LogP contribution in [-0.2, 0) is 22.4 Å². The van der Waals surface area contributed by atoms with Gasteiger partial charge in [0.05, 0.1) is 19.2 Å². The number of rotatable bonds is 11. The second-order valence-electron chi connectivity index (χ2n) is 10.6. The standard InChI is InChI=1S/C29H39FN4O2/c1-2-36-25(35)20-34-19-16-29(30,27(34)24-10-7-17-31-26(24)21-11-12-21)15-5-3-4-9-23-14-13-22-8-6-18-32-28(22)33-23/h7,10,13-14,17,21,27H,2-6,8-9,11-12,15-16,18-20H2,1H3,(H,32,33). The summed E-state index contributed by atoms with van der Waals surface area (Å²) in [5.41, 5.74) is 3.04. The third-order valence-electron chi connectivity index (χ3n) is 7.91. The van der Waals surface area contributed by atoms with E-state index < -0.39 is 11.7 Å². The number of halogens is 1. The van der Waals surface area contributed by atoms with Crippen LogP contribution in [0.5, 0.6) is 0 Å². The zero-order valence-corrected chi connectivity index (χ0v) is 21.5. The van der Waals surface area contributed by atoms with Gasteiger partial charge in [-0.3, -0.25) is 14.7 Å². The number of carbonyl (C=O) groups excluding carboxylic acids is 1. The monoisotopic (exact) mass is 494 g/mol. The number of esters is 1. The molecular weight excluding hydrogens is 455 g/mol. The number of carbonyl (C=O) groups is 1. The molecule has 36 heavy (non-hydrogen) atoms. The summed E-state index contributed by atoms with van der Waals surface area (Å²) in [6.45, 7) is 3.83. The molecule has 6 nitrogen and oxygen atoms in total. The number of unbranched alkanes of at least 4 members (excludes halogenated alkanes) is 2. The number of anilines is 1. The van der Waals surface area contributed by atoms with E-state index in [0.717, 1.165) is 74.3 Å². The van der Waals surface area contributed by atoms with Gasteiger partial charge in [-0.15, -0.1) is 0 Å². The van der Waals surface area contributed by atoms with E-state index in [4.69, 9.17) is 9.72 Å². The van der Waals surface area contributed by atoms with E-state index in [-0.39, 0.29) is 12.5 Å². The van der Waals surface area contributed by atoms with Gasteiger partial charge in [0.15, 0.2) is 0 Å². The second kappa shape index (κ2) is 11.2. The summed E-state index contributed by atoms with van der Waals surface area (Å²) >= 11 is 0. The molecule has 2 aliphatic heterocycles. The molecule has 7 heteroatoms. The van der Waals surface area contributed by atoms with Gasteiger partial charge in [-0.2, -0.15) is 0 Å². The predicted molar refractivity (Wildman–Crippen MR) is 139 cm³/mol. The molecule has 1 saturated heterocycles. The van der Waals surface area contributed by atoms with Crippen LogP contribution in [0, 0.1) is 0 Å². The Labute approximate surface area is 214 Å². The second-order valence-corrected chi connectivity index (χ2v) is 10.6. The first-order chi connectivity index (χ1) is 17.6. The van der Waals surface area contributed by atoms with Gasteiger partial charge in [-0.1, -0.05) is 25.0 Å². The number of likely N-dealkylation sites (tertiary alicyclic amines) is 1. The molecule has 2 atom stereocenters. The first kappa shape index (κ1) is 25.1. The maximum atomic E-state index is 16.7. The van der Waals surface area contributed by atoms with E-state index in [2.05, 4.69) is 22.4 Å². The van der Waals surface area contributed by atoms with E-state index in [1.807, 2.05) is 23.2 Å². The molecule has 2 unspecified atom stereocenters. The van der Waals surface area contributed by atoms with Crippen molar-refractivity contribution < 1.29 is 13.9 Å². The summed E-state index contributed by atoms with van der Waals surface area (Å²) in [7, 11) is 0. The number of ether oxygens (including phenoxy) is 1. The predicted octanol–water partition coefficient (Wildman–Crippen LogP) is 5.53. The van der Waals surface area contributed by atoms with E-state index in [0.29, 0.717) is 31.9 Å². The van der Waals surface area contributed by atoms with Gasteiger partial charge in [0.2, 0.25) is 0 Å². The van der Waals surface area contributed by atoms with Crippen molar-refractivity contribution in [1.82, 2.24) is 14.9 Å². The number of aromatic nitrogens is 2. The van der Waals surface area contributed by atoms with Gasteiger partial charge in [-0.05, 0) is 81.5 Å². The molecule has 1 aliphatic carbocycles. The molecule has 2 aromatic heterocycles. The zero-order valence-electron chi connectivity index (χ0n) is 21.5. The largest absolute Gasteiger partial charge is 0.465 e. The van der Waals surface area contributed by atoms with Crippen molar-refractivity contribution in [3.05, 3.63) is 53.0 Å². The minimum absolute atomic E-state index is 0.126. The minimum atomic E-state index is -1.37. The summed E-state index contributed by atoms with van der Waals surface area (Å²) in [5, 5.41) is 3.41. The number of hydrogen-bond acceptors (Lipinski definition) is 6. The Balaban J connectivity index is 1.22. The van der Waals surface area contributed by atoms with Crippen molar-refractivity contribution in [2.45, 2.75) is 88.8 Å². The molecule has 1 saturated carbocycles.